The molecule has 0 atom stereocenters. The summed E-state index contributed by atoms with van der Waals surface area (Å²) in [6.45, 7) is 1.78. The Labute approximate surface area is 181 Å². The molecule has 31 heavy (non-hydrogen) atoms. The van der Waals surface area contributed by atoms with Crippen molar-refractivity contribution < 1.29 is 0 Å². The minimum Gasteiger partial charge on any atom is -0.383 e. The van der Waals surface area contributed by atoms with Gasteiger partial charge in [0.25, 0.3) is 5.56 Å². The number of nitrogens with two attached hydrogens (primary N) is 1. The topological polar surface area (TPSA) is 130 Å². The molecule has 1 fully saturated rings. The number of aliphatic imine (C=N–C) groups is 1. The SMILES string of the molecule is CC(=Nc1ncnc(N)c1-c1ncn(C)n1)c1nc2cccc(Cl)c2c(=O)n1C1CC1. The van der Waals surface area contributed by atoms with Gasteiger partial charge >= 0.3 is 0 Å². The van der Waals surface area contributed by atoms with Gasteiger partial charge in [-0.1, -0.05) is 17.7 Å². The lowest BCUT2D eigenvalue weighted by Crippen LogP contribution is -2.27. The first-order valence-corrected chi connectivity index (χ1v) is 10.0. The molecule has 10 nitrogen and oxygen atoms in total. The zero-order valence-corrected chi connectivity index (χ0v) is 17.6. The van der Waals surface area contributed by atoms with Crippen molar-refractivity contribution in [3.8, 4) is 11.4 Å². The van der Waals surface area contributed by atoms with Crippen molar-refractivity contribution >= 4 is 39.9 Å². The third kappa shape index (κ3) is 3.34. The average Bonchev–Trinajstić information content (AvgIpc) is 3.48. The van der Waals surface area contributed by atoms with Crippen LogP contribution < -0.4 is 11.3 Å². The molecule has 0 amide bonds. The van der Waals surface area contributed by atoms with Crippen LogP contribution in [0, 0.1) is 0 Å². The van der Waals surface area contributed by atoms with Gasteiger partial charge < -0.3 is 5.73 Å². The van der Waals surface area contributed by atoms with Crippen LogP contribution in [-0.4, -0.2) is 40.0 Å². The summed E-state index contributed by atoms with van der Waals surface area (Å²) in [5, 5.41) is 5.09. The zero-order chi connectivity index (χ0) is 21.7. The second-order valence-electron chi connectivity index (χ2n) is 7.37. The molecule has 0 aliphatic heterocycles. The summed E-state index contributed by atoms with van der Waals surface area (Å²) in [6, 6.07) is 5.31. The summed E-state index contributed by atoms with van der Waals surface area (Å²) in [4.78, 5) is 35.2. The van der Waals surface area contributed by atoms with Gasteiger partial charge in [0.15, 0.2) is 17.5 Å². The molecule has 1 aromatic carbocycles. The van der Waals surface area contributed by atoms with Crippen LogP contribution in [0.25, 0.3) is 22.3 Å². The highest BCUT2D eigenvalue weighted by molar-refractivity contribution is 6.35. The van der Waals surface area contributed by atoms with Gasteiger partial charge in [-0.15, -0.1) is 0 Å². The molecule has 1 aliphatic rings. The van der Waals surface area contributed by atoms with Crippen LogP contribution >= 0.6 is 11.6 Å². The Balaban J connectivity index is 1.72. The van der Waals surface area contributed by atoms with Crippen LogP contribution in [0.2, 0.25) is 5.02 Å². The molecular weight excluding hydrogens is 418 g/mol. The molecule has 156 valence electrons. The van der Waals surface area contributed by atoms with E-state index in [4.69, 9.17) is 22.3 Å². The van der Waals surface area contributed by atoms with E-state index >= 15 is 0 Å². The van der Waals surface area contributed by atoms with Crippen molar-refractivity contribution in [3.63, 3.8) is 0 Å². The first kappa shape index (κ1) is 19.3. The molecular formula is C20H18ClN9O. The third-order valence-electron chi connectivity index (χ3n) is 5.07. The maximum absolute atomic E-state index is 13.3. The standard InChI is InChI=1S/C20H18ClN9O/c1-10(26-17-15(16(22)23-8-24-17)18-25-9-29(2)28-18)19-27-13-5-3-4-12(21)14(13)20(31)30(19)11-6-7-11/h3-5,8-9,11H,6-7H2,1-2H3,(H2,22,23,24). The fraction of sp³-hybridized carbons (Fsp3) is 0.250. The highest BCUT2D eigenvalue weighted by Gasteiger charge is 2.30. The Bertz CT molecular complexity index is 1420. The lowest BCUT2D eigenvalue weighted by Gasteiger charge is -2.13. The molecule has 1 aliphatic carbocycles. The molecule has 4 aromatic rings. The summed E-state index contributed by atoms with van der Waals surface area (Å²) < 4.78 is 3.23. The zero-order valence-electron chi connectivity index (χ0n) is 16.8. The van der Waals surface area contributed by atoms with Gasteiger partial charge in [-0.2, -0.15) is 5.10 Å². The van der Waals surface area contributed by atoms with E-state index in [1.165, 1.54) is 6.33 Å². The number of nitrogen functional groups attached to an aromatic ring is 1. The summed E-state index contributed by atoms with van der Waals surface area (Å²) in [5.74, 6) is 1.36. The van der Waals surface area contributed by atoms with Crippen LogP contribution in [0.3, 0.4) is 0 Å². The van der Waals surface area contributed by atoms with E-state index in [2.05, 4.69) is 25.0 Å². The monoisotopic (exact) mass is 435 g/mol. The maximum atomic E-state index is 13.3. The minimum atomic E-state index is -0.170. The maximum Gasteiger partial charge on any atom is 0.263 e. The van der Waals surface area contributed by atoms with Crippen LogP contribution in [0.5, 0.6) is 0 Å². The van der Waals surface area contributed by atoms with Crippen LogP contribution in [0.4, 0.5) is 11.6 Å². The highest BCUT2D eigenvalue weighted by atomic mass is 35.5. The van der Waals surface area contributed by atoms with E-state index in [0.29, 0.717) is 44.7 Å². The van der Waals surface area contributed by atoms with Gasteiger partial charge in [-0.3, -0.25) is 14.0 Å². The number of halogens is 1. The lowest BCUT2D eigenvalue weighted by molar-refractivity contribution is 0.689. The number of benzene rings is 1. The normalized spacial score (nSPS) is 14.4. The molecule has 2 N–H and O–H groups in total. The summed E-state index contributed by atoms with van der Waals surface area (Å²) >= 11 is 6.30. The summed E-state index contributed by atoms with van der Waals surface area (Å²) in [5.41, 5.74) is 7.37. The van der Waals surface area contributed by atoms with E-state index in [1.807, 2.05) is 0 Å². The number of aromatic nitrogens is 7. The van der Waals surface area contributed by atoms with Gasteiger partial charge in [-0.25, -0.2) is 24.9 Å². The molecule has 0 spiro atoms. The van der Waals surface area contributed by atoms with E-state index in [1.54, 1.807) is 47.7 Å². The number of hydrogen-bond donors (Lipinski definition) is 1. The van der Waals surface area contributed by atoms with E-state index < -0.39 is 0 Å². The van der Waals surface area contributed by atoms with Gasteiger partial charge in [-0.05, 0) is 31.9 Å². The van der Waals surface area contributed by atoms with Crippen molar-refractivity contribution in [2.45, 2.75) is 25.8 Å². The Morgan fingerprint density at radius 3 is 2.77 bits per heavy atom. The Morgan fingerprint density at radius 2 is 2.06 bits per heavy atom. The fourth-order valence-corrected chi connectivity index (χ4v) is 3.73. The van der Waals surface area contributed by atoms with Crippen molar-refractivity contribution in [2.75, 3.05) is 5.73 Å². The molecule has 1 saturated carbocycles. The first-order chi connectivity index (χ1) is 14.9. The molecule has 0 bridgehead atoms. The summed E-state index contributed by atoms with van der Waals surface area (Å²) in [7, 11) is 1.75. The van der Waals surface area contributed by atoms with Crippen LogP contribution in [-0.2, 0) is 7.05 Å². The summed E-state index contributed by atoms with van der Waals surface area (Å²) in [6.07, 6.45) is 4.69. The molecule has 3 heterocycles. The van der Waals surface area contributed by atoms with Gasteiger partial charge in [0.2, 0.25) is 0 Å². The minimum absolute atomic E-state index is 0.0771. The first-order valence-electron chi connectivity index (χ1n) is 9.67. The molecule has 0 radical (unpaired) electrons. The van der Waals surface area contributed by atoms with E-state index in [0.717, 1.165) is 12.8 Å². The number of fused-ring (bicyclic) bond motifs is 1. The smallest absolute Gasteiger partial charge is 0.263 e. The predicted molar refractivity (Wildman–Crippen MR) is 118 cm³/mol. The van der Waals surface area contributed by atoms with Crippen LogP contribution in [0.15, 0.2) is 40.6 Å². The quantitative estimate of drug-likeness (QED) is 0.487. The third-order valence-corrected chi connectivity index (χ3v) is 5.38. The predicted octanol–water partition coefficient (Wildman–Crippen LogP) is 2.69. The van der Waals surface area contributed by atoms with E-state index in [-0.39, 0.29) is 17.4 Å². The fourth-order valence-electron chi connectivity index (χ4n) is 3.48. The van der Waals surface area contributed by atoms with Gasteiger partial charge in [0.05, 0.1) is 21.6 Å². The van der Waals surface area contributed by atoms with Gasteiger partial charge in [0.1, 0.15) is 24.0 Å². The number of hydrogen-bond acceptors (Lipinski definition) is 8. The number of nitrogens with zero attached hydrogens (tertiary/aromatic N) is 8. The van der Waals surface area contributed by atoms with E-state index in [9.17, 15) is 4.79 Å². The lowest BCUT2D eigenvalue weighted by atomic mass is 10.2. The van der Waals surface area contributed by atoms with Crippen molar-refractivity contribution in [1.82, 2.24) is 34.3 Å². The second-order valence-corrected chi connectivity index (χ2v) is 7.78. The van der Waals surface area contributed by atoms with Crippen molar-refractivity contribution in [2.24, 2.45) is 12.0 Å². The molecule has 0 saturated heterocycles. The Hall–Kier alpha value is -3.66. The molecule has 0 unspecified atom stereocenters. The highest BCUT2D eigenvalue weighted by Crippen LogP contribution is 2.36. The number of aryl methyl sites for hydroxylation is 1. The van der Waals surface area contributed by atoms with Gasteiger partial charge in [0, 0.05) is 13.1 Å². The molecule has 3 aromatic heterocycles. The Morgan fingerprint density at radius 1 is 1.26 bits per heavy atom. The number of rotatable bonds is 4. The number of anilines is 1. The largest absolute Gasteiger partial charge is 0.383 e. The van der Waals surface area contributed by atoms with Crippen molar-refractivity contribution in [1.29, 1.82) is 0 Å². The van der Waals surface area contributed by atoms with Crippen LogP contribution in [0.1, 0.15) is 31.6 Å². The van der Waals surface area contributed by atoms with Crippen molar-refractivity contribution in [3.05, 3.63) is 52.1 Å². The molecule has 5 rings (SSSR count). The second kappa shape index (κ2) is 7.24. The molecule has 11 heteroatoms. The average molecular weight is 436 g/mol. The Kier molecular flexibility index (Phi) is 4.51.